The van der Waals surface area contributed by atoms with Crippen molar-refractivity contribution in [3.05, 3.63) is 36.8 Å². The molecule has 0 spiro atoms. The second kappa shape index (κ2) is 7.23. The summed E-state index contributed by atoms with van der Waals surface area (Å²) in [5.41, 5.74) is 0.661. The molecule has 0 aromatic carbocycles. The molecular weight excluding hydrogens is 294 g/mol. The normalized spacial score (nSPS) is 17.4. The second-order valence-electron chi connectivity index (χ2n) is 5.55. The van der Waals surface area contributed by atoms with Gasteiger partial charge in [0.1, 0.15) is 0 Å². The lowest BCUT2D eigenvalue weighted by Gasteiger charge is -2.16. The molecule has 7 heteroatoms. The minimum absolute atomic E-state index is 0.0930. The molecule has 1 atom stereocenters. The van der Waals surface area contributed by atoms with Crippen molar-refractivity contribution in [2.45, 2.75) is 13.3 Å². The Hall–Kier alpha value is -2.41. The van der Waals surface area contributed by atoms with Crippen LogP contribution in [-0.2, 0) is 4.74 Å². The van der Waals surface area contributed by atoms with E-state index in [0.29, 0.717) is 17.4 Å². The molecule has 23 heavy (non-hydrogen) atoms. The van der Waals surface area contributed by atoms with Crippen LogP contribution < -0.4 is 5.32 Å². The van der Waals surface area contributed by atoms with E-state index < -0.39 is 0 Å². The van der Waals surface area contributed by atoms with Gasteiger partial charge in [-0.1, -0.05) is 6.07 Å². The molecule has 3 heterocycles. The molecule has 122 valence electrons. The van der Waals surface area contributed by atoms with Crippen LogP contribution in [0.3, 0.4) is 0 Å². The van der Waals surface area contributed by atoms with E-state index in [0.717, 1.165) is 32.7 Å². The molecule has 1 N–H and O–H groups in total. The number of ether oxygens (including phenoxy) is 1. The van der Waals surface area contributed by atoms with Gasteiger partial charge >= 0.3 is 6.03 Å². The highest BCUT2D eigenvalue weighted by molar-refractivity contribution is 5.89. The van der Waals surface area contributed by atoms with Crippen molar-refractivity contribution in [2.75, 3.05) is 31.6 Å². The molecule has 0 radical (unpaired) electrons. The van der Waals surface area contributed by atoms with Gasteiger partial charge < -0.3 is 15.0 Å². The number of carbonyl (C=O) groups is 1. The zero-order valence-electron chi connectivity index (χ0n) is 13.2. The minimum atomic E-state index is -0.0930. The fourth-order valence-corrected chi connectivity index (χ4v) is 2.64. The van der Waals surface area contributed by atoms with Crippen LogP contribution in [0.15, 0.2) is 36.8 Å². The van der Waals surface area contributed by atoms with E-state index in [4.69, 9.17) is 4.74 Å². The number of aromatic nitrogens is 3. The number of hydrogen-bond acceptors (Lipinski definition) is 4. The van der Waals surface area contributed by atoms with Crippen LogP contribution in [0.2, 0.25) is 0 Å². The Labute approximate surface area is 135 Å². The van der Waals surface area contributed by atoms with Crippen molar-refractivity contribution in [2.24, 2.45) is 5.92 Å². The van der Waals surface area contributed by atoms with E-state index in [2.05, 4.69) is 15.4 Å². The number of urea groups is 1. The summed E-state index contributed by atoms with van der Waals surface area (Å²) in [6.45, 7) is 4.92. The van der Waals surface area contributed by atoms with Gasteiger partial charge in [0.05, 0.1) is 24.7 Å². The summed E-state index contributed by atoms with van der Waals surface area (Å²) in [7, 11) is 0. The van der Waals surface area contributed by atoms with Crippen molar-refractivity contribution in [3.8, 4) is 5.82 Å². The standard InChI is InChI=1S/C16H21N5O2/c1-2-23-12-13-6-8-20(10-13)16(22)19-14-9-18-21(11-14)15-5-3-4-7-17-15/h3-5,7,9,11,13H,2,6,8,10,12H2,1H3,(H,19,22). The summed E-state index contributed by atoms with van der Waals surface area (Å²) in [6.07, 6.45) is 6.08. The number of likely N-dealkylation sites (tertiary alicyclic amines) is 1. The highest BCUT2D eigenvalue weighted by Crippen LogP contribution is 2.18. The Morgan fingerprint density at radius 3 is 3.17 bits per heavy atom. The van der Waals surface area contributed by atoms with Crippen molar-refractivity contribution in [1.82, 2.24) is 19.7 Å². The summed E-state index contributed by atoms with van der Waals surface area (Å²) in [5, 5.41) is 7.11. The van der Waals surface area contributed by atoms with Gasteiger partial charge in [-0.2, -0.15) is 5.10 Å². The fourth-order valence-electron chi connectivity index (χ4n) is 2.64. The molecule has 1 unspecified atom stereocenters. The molecule has 1 saturated heterocycles. The molecule has 0 bridgehead atoms. The highest BCUT2D eigenvalue weighted by Gasteiger charge is 2.26. The number of carbonyl (C=O) groups excluding carboxylic acids is 1. The molecule has 3 rings (SSSR count). The van der Waals surface area contributed by atoms with Crippen LogP contribution >= 0.6 is 0 Å². The molecule has 0 aliphatic carbocycles. The van der Waals surface area contributed by atoms with Crippen LogP contribution in [0.1, 0.15) is 13.3 Å². The van der Waals surface area contributed by atoms with E-state index in [1.807, 2.05) is 30.0 Å². The van der Waals surface area contributed by atoms with E-state index >= 15 is 0 Å². The number of nitrogens with one attached hydrogen (secondary N) is 1. The summed E-state index contributed by atoms with van der Waals surface area (Å²) >= 11 is 0. The van der Waals surface area contributed by atoms with E-state index in [1.54, 1.807) is 23.3 Å². The lowest BCUT2D eigenvalue weighted by molar-refractivity contribution is 0.113. The summed E-state index contributed by atoms with van der Waals surface area (Å²) in [5.74, 6) is 1.14. The Morgan fingerprint density at radius 2 is 2.39 bits per heavy atom. The predicted octanol–water partition coefficient (Wildman–Crippen LogP) is 2.16. The Bertz CT molecular complexity index is 643. The van der Waals surface area contributed by atoms with Gasteiger partial charge in [0.15, 0.2) is 5.82 Å². The van der Waals surface area contributed by atoms with Crippen LogP contribution in [0, 0.1) is 5.92 Å². The lowest BCUT2D eigenvalue weighted by atomic mass is 10.1. The first-order valence-electron chi connectivity index (χ1n) is 7.86. The van der Waals surface area contributed by atoms with Crippen LogP contribution in [0.5, 0.6) is 0 Å². The average molecular weight is 315 g/mol. The molecule has 2 aromatic rings. The molecule has 1 aliphatic rings. The zero-order valence-corrected chi connectivity index (χ0v) is 13.2. The molecule has 2 aromatic heterocycles. The lowest BCUT2D eigenvalue weighted by Crippen LogP contribution is -2.33. The SMILES string of the molecule is CCOCC1CCN(C(=O)Nc2cnn(-c3ccccn3)c2)C1. The van der Waals surface area contributed by atoms with Gasteiger partial charge in [0.2, 0.25) is 0 Å². The maximum Gasteiger partial charge on any atom is 0.321 e. The van der Waals surface area contributed by atoms with E-state index in [1.165, 1.54) is 0 Å². The van der Waals surface area contributed by atoms with Crippen molar-refractivity contribution < 1.29 is 9.53 Å². The predicted molar refractivity (Wildman–Crippen MR) is 86.6 cm³/mol. The first-order chi connectivity index (χ1) is 11.3. The highest BCUT2D eigenvalue weighted by atomic mass is 16.5. The zero-order chi connectivity index (χ0) is 16.1. The number of pyridine rings is 1. The number of anilines is 1. The molecular formula is C16H21N5O2. The third kappa shape index (κ3) is 3.87. The summed E-state index contributed by atoms with van der Waals surface area (Å²) < 4.78 is 7.07. The van der Waals surface area contributed by atoms with Crippen LogP contribution in [0.25, 0.3) is 5.82 Å². The molecule has 2 amide bonds. The smallest absolute Gasteiger partial charge is 0.321 e. The first-order valence-corrected chi connectivity index (χ1v) is 7.86. The first kappa shape index (κ1) is 15.5. The largest absolute Gasteiger partial charge is 0.381 e. The Balaban J connectivity index is 1.56. The number of hydrogen-bond donors (Lipinski definition) is 1. The van der Waals surface area contributed by atoms with E-state index in [-0.39, 0.29) is 6.03 Å². The molecule has 1 aliphatic heterocycles. The van der Waals surface area contributed by atoms with Crippen LogP contribution in [0.4, 0.5) is 10.5 Å². The van der Waals surface area contributed by atoms with Crippen molar-refractivity contribution in [1.29, 1.82) is 0 Å². The third-order valence-electron chi connectivity index (χ3n) is 3.85. The maximum atomic E-state index is 12.3. The molecule has 1 fully saturated rings. The van der Waals surface area contributed by atoms with Gasteiger partial charge in [0, 0.05) is 31.8 Å². The topological polar surface area (TPSA) is 72.3 Å². The van der Waals surface area contributed by atoms with Gasteiger partial charge in [-0.15, -0.1) is 0 Å². The third-order valence-corrected chi connectivity index (χ3v) is 3.85. The summed E-state index contributed by atoms with van der Waals surface area (Å²) in [6, 6.07) is 5.51. The van der Waals surface area contributed by atoms with Crippen molar-refractivity contribution >= 4 is 11.7 Å². The van der Waals surface area contributed by atoms with Gasteiger partial charge in [-0.05, 0) is 25.5 Å². The van der Waals surface area contributed by atoms with Gasteiger partial charge in [-0.25, -0.2) is 14.5 Å². The quantitative estimate of drug-likeness (QED) is 0.917. The summed E-state index contributed by atoms with van der Waals surface area (Å²) in [4.78, 5) is 18.3. The maximum absolute atomic E-state index is 12.3. The van der Waals surface area contributed by atoms with Crippen LogP contribution in [-0.4, -0.2) is 52.0 Å². The fraction of sp³-hybridized carbons (Fsp3) is 0.438. The number of amides is 2. The number of rotatable bonds is 5. The monoisotopic (exact) mass is 315 g/mol. The number of nitrogens with zero attached hydrogens (tertiary/aromatic N) is 4. The average Bonchev–Trinajstić information content (AvgIpc) is 3.23. The minimum Gasteiger partial charge on any atom is -0.381 e. The molecule has 0 saturated carbocycles. The van der Waals surface area contributed by atoms with E-state index in [9.17, 15) is 4.79 Å². The molecule has 7 nitrogen and oxygen atoms in total. The Kier molecular flexibility index (Phi) is 4.87. The van der Waals surface area contributed by atoms with Gasteiger partial charge in [0.25, 0.3) is 0 Å². The van der Waals surface area contributed by atoms with Crippen molar-refractivity contribution in [3.63, 3.8) is 0 Å². The van der Waals surface area contributed by atoms with Gasteiger partial charge in [-0.3, -0.25) is 0 Å². The second-order valence-corrected chi connectivity index (χ2v) is 5.55. The Morgan fingerprint density at radius 1 is 1.48 bits per heavy atom.